The summed E-state index contributed by atoms with van der Waals surface area (Å²) in [5, 5.41) is 0. The number of nitrogens with zero attached hydrogens (tertiary/aromatic N) is 3. The van der Waals surface area contributed by atoms with Gasteiger partial charge < -0.3 is 19.1 Å². The van der Waals surface area contributed by atoms with Gasteiger partial charge in [0.05, 0.1) is 25.3 Å². The number of hydrogen-bond donors (Lipinski definition) is 0. The van der Waals surface area contributed by atoms with Crippen LogP contribution in [0.5, 0.6) is 5.75 Å². The molecule has 2 aromatic carbocycles. The molecule has 6 heteroatoms. The predicted molar refractivity (Wildman–Crippen MR) is 115 cm³/mol. The number of aromatic nitrogens is 1. The lowest BCUT2D eigenvalue weighted by Crippen LogP contribution is -2.49. The second-order valence-corrected chi connectivity index (χ2v) is 7.45. The van der Waals surface area contributed by atoms with Crippen LogP contribution in [0, 0.1) is 5.82 Å². The van der Waals surface area contributed by atoms with Crippen LogP contribution in [-0.4, -0.2) is 48.7 Å². The van der Waals surface area contributed by atoms with Crippen LogP contribution in [0.2, 0.25) is 0 Å². The molecule has 0 N–H and O–H groups in total. The summed E-state index contributed by atoms with van der Waals surface area (Å²) in [5.74, 6) is 0.656. The van der Waals surface area contributed by atoms with Gasteiger partial charge in [-0.05, 0) is 42.0 Å². The lowest BCUT2D eigenvalue weighted by Gasteiger charge is -2.37. The first-order chi connectivity index (χ1) is 14.7. The summed E-state index contributed by atoms with van der Waals surface area (Å²) in [4.78, 5) is 17.0. The zero-order valence-corrected chi connectivity index (χ0v) is 17.1. The molecule has 0 saturated carbocycles. The first-order valence-electron chi connectivity index (χ1n) is 10.2. The van der Waals surface area contributed by atoms with Crippen molar-refractivity contribution < 1.29 is 13.9 Å². The number of methoxy groups -OCH3 is 1. The van der Waals surface area contributed by atoms with E-state index in [2.05, 4.69) is 4.57 Å². The highest BCUT2D eigenvalue weighted by Crippen LogP contribution is 2.27. The Labute approximate surface area is 176 Å². The van der Waals surface area contributed by atoms with Crippen LogP contribution in [-0.2, 0) is 4.79 Å². The fourth-order valence-electron chi connectivity index (χ4n) is 4.00. The SMILES string of the molecule is COc1cccc([C@H](CC(=O)N2CCN(c3ccccc3F)CC2)n2cccc2)c1. The van der Waals surface area contributed by atoms with Crippen LogP contribution in [0.3, 0.4) is 0 Å². The molecule has 1 saturated heterocycles. The number of benzene rings is 2. The van der Waals surface area contributed by atoms with E-state index >= 15 is 0 Å². The molecule has 1 aliphatic rings. The Bertz CT molecular complexity index is 982. The van der Waals surface area contributed by atoms with E-state index in [0.29, 0.717) is 38.3 Å². The number of carbonyl (C=O) groups excluding carboxylic acids is 1. The van der Waals surface area contributed by atoms with E-state index in [-0.39, 0.29) is 17.8 Å². The lowest BCUT2D eigenvalue weighted by atomic mass is 10.0. The molecule has 5 nitrogen and oxygen atoms in total. The van der Waals surface area contributed by atoms with E-state index in [1.54, 1.807) is 19.2 Å². The number of ether oxygens (including phenoxy) is 1. The molecule has 0 bridgehead atoms. The molecule has 2 heterocycles. The summed E-state index contributed by atoms with van der Waals surface area (Å²) in [5.41, 5.74) is 1.63. The van der Waals surface area contributed by atoms with Crippen LogP contribution < -0.4 is 9.64 Å². The Morgan fingerprint density at radius 1 is 1.00 bits per heavy atom. The highest BCUT2D eigenvalue weighted by atomic mass is 19.1. The van der Waals surface area contributed by atoms with E-state index in [9.17, 15) is 9.18 Å². The summed E-state index contributed by atoms with van der Waals surface area (Å²) in [6, 6.07) is 18.5. The molecular formula is C24H26FN3O2. The maximum Gasteiger partial charge on any atom is 0.225 e. The van der Waals surface area contributed by atoms with Gasteiger partial charge in [-0.1, -0.05) is 24.3 Å². The number of halogens is 1. The van der Waals surface area contributed by atoms with Gasteiger partial charge in [-0.15, -0.1) is 0 Å². The standard InChI is InChI=1S/C24H26FN3O2/c1-30-20-8-6-7-19(17-20)23(26-11-4-5-12-26)18-24(29)28-15-13-27(14-16-28)22-10-3-2-9-21(22)25/h2-12,17,23H,13-16,18H2,1H3/t23-/m0/s1. The van der Waals surface area contributed by atoms with Crippen LogP contribution >= 0.6 is 0 Å². The second kappa shape index (κ2) is 9.03. The smallest absolute Gasteiger partial charge is 0.225 e. The molecule has 0 radical (unpaired) electrons. The molecule has 3 aromatic rings. The summed E-state index contributed by atoms with van der Waals surface area (Å²) in [7, 11) is 1.64. The molecule has 0 aliphatic carbocycles. The molecule has 0 spiro atoms. The first-order valence-corrected chi connectivity index (χ1v) is 10.2. The van der Waals surface area contributed by atoms with Gasteiger partial charge in [-0.3, -0.25) is 4.79 Å². The van der Waals surface area contributed by atoms with Gasteiger partial charge in [0.2, 0.25) is 5.91 Å². The van der Waals surface area contributed by atoms with Crippen molar-refractivity contribution in [1.29, 1.82) is 0 Å². The van der Waals surface area contributed by atoms with E-state index in [0.717, 1.165) is 11.3 Å². The average molecular weight is 407 g/mol. The third-order valence-corrected chi connectivity index (χ3v) is 5.66. The van der Waals surface area contributed by atoms with Crippen molar-refractivity contribution in [1.82, 2.24) is 9.47 Å². The number of amides is 1. The fraction of sp³-hybridized carbons (Fsp3) is 0.292. The molecular weight excluding hydrogens is 381 g/mol. The first kappa shape index (κ1) is 20.0. The Kier molecular flexibility index (Phi) is 6.02. The maximum absolute atomic E-state index is 14.1. The predicted octanol–water partition coefficient (Wildman–Crippen LogP) is 3.96. The van der Waals surface area contributed by atoms with Crippen molar-refractivity contribution in [3.05, 3.63) is 84.4 Å². The van der Waals surface area contributed by atoms with Crippen molar-refractivity contribution in [3.8, 4) is 5.75 Å². The number of rotatable bonds is 6. The zero-order chi connectivity index (χ0) is 20.9. The molecule has 1 aliphatic heterocycles. The van der Waals surface area contributed by atoms with Crippen molar-refractivity contribution in [2.45, 2.75) is 12.5 Å². The molecule has 1 atom stereocenters. The van der Waals surface area contributed by atoms with Crippen LogP contribution in [0.1, 0.15) is 18.0 Å². The largest absolute Gasteiger partial charge is 0.497 e. The van der Waals surface area contributed by atoms with Gasteiger partial charge >= 0.3 is 0 Å². The molecule has 1 aromatic heterocycles. The Morgan fingerprint density at radius 3 is 2.43 bits per heavy atom. The number of piperazine rings is 1. The molecule has 156 valence electrons. The molecule has 1 amide bonds. The molecule has 0 unspecified atom stereocenters. The van der Waals surface area contributed by atoms with Crippen LogP contribution in [0.15, 0.2) is 73.1 Å². The number of hydrogen-bond acceptors (Lipinski definition) is 3. The van der Waals surface area contributed by atoms with Gasteiger partial charge in [0.1, 0.15) is 11.6 Å². The molecule has 30 heavy (non-hydrogen) atoms. The molecule has 4 rings (SSSR count). The van der Waals surface area contributed by atoms with E-state index in [1.165, 1.54) is 6.07 Å². The topological polar surface area (TPSA) is 37.7 Å². The minimum Gasteiger partial charge on any atom is -0.497 e. The lowest BCUT2D eigenvalue weighted by molar-refractivity contribution is -0.132. The van der Waals surface area contributed by atoms with Crippen molar-refractivity contribution in [2.75, 3.05) is 38.2 Å². The number of carbonyl (C=O) groups is 1. The highest BCUT2D eigenvalue weighted by Gasteiger charge is 2.26. The maximum atomic E-state index is 14.1. The van der Waals surface area contributed by atoms with Gasteiger partial charge in [0.25, 0.3) is 0 Å². The van der Waals surface area contributed by atoms with Crippen molar-refractivity contribution >= 4 is 11.6 Å². The zero-order valence-electron chi connectivity index (χ0n) is 17.1. The van der Waals surface area contributed by atoms with Crippen LogP contribution in [0.25, 0.3) is 0 Å². The minimum absolute atomic E-state index is 0.102. The quantitative estimate of drug-likeness (QED) is 0.621. The summed E-state index contributed by atoms with van der Waals surface area (Å²) in [6.07, 6.45) is 4.32. The van der Waals surface area contributed by atoms with Crippen LogP contribution in [0.4, 0.5) is 10.1 Å². The van der Waals surface area contributed by atoms with Crippen molar-refractivity contribution in [2.24, 2.45) is 0 Å². The third-order valence-electron chi connectivity index (χ3n) is 5.66. The second-order valence-electron chi connectivity index (χ2n) is 7.45. The molecule has 1 fully saturated rings. The monoisotopic (exact) mass is 407 g/mol. The Morgan fingerprint density at radius 2 is 1.73 bits per heavy atom. The van der Waals surface area contributed by atoms with E-state index < -0.39 is 0 Å². The van der Waals surface area contributed by atoms with Gasteiger partial charge in [0.15, 0.2) is 0 Å². The van der Waals surface area contributed by atoms with Gasteiger partial charge in [-0.25, -0.2) is 4.39 Å². The number of para-hydroxylation sites is 1. The Balaban J connectivity index is 1.45. The minimum atomic E-state index is -0.219. The fourth-order valence-corrected chi connectivity index (χ4v) is 4.00. The van der Waals surface area contributed by atoms with E-state index in [1.807, 2.05) is 64.7 Å². The van der Waals surface area contributed by atoms with Gasteiger partial charge in [0, 0.05) is 38.6 Å². The van der Waals surface area contributed by atoms with Crippen molar-refractivity contribution in [3.63, 3.8) is 0 Å². The average Bonchev–Trinajstić information content (AvgIpc) is 3.32. The summed E-state index contributed by atoms with van der Waals surface area (Å²) < 4.78 is 21.5. The van der Waals surface area contributed by atoms with E-state index in [4.69, 9.17) is 4.74 Å². The summed E-state index contributed by atoms with van der Waals surface area (Å²) in [6.45, 7) is 2.42. The number of anilines is 1. The summed E-state index contributed by atoms with van der Waals surface area (Å²) >= 11 is 0. The van der Waals surface area contributed by atoms with Gasteiger partial charge in [-0.2, -0.15) is 0 Å². The Hall–Kier alpha value is -3.28. The highest BCUT2D eigenvalue weighted by molar-refractivity contribution is 5.77. The third kappa shape index (κ3) is 4.32. The normalized spacial score (nSPS) is 15.1.